The quantitative estimate of drug-likeness (QED) is 0.495. The summed E-state index contributed by atoms with van der Waals surface area (Å²) in [7, 11) is 0. The number of Topliss-reactive ketones (excluding diaryl/α,β-unsaturated/α-hetero) is 1. The van der Waals surface area contributed by atoms with Gasteiger partial charge in [-0.25, -0.2) is 0 Å². The predicted octanol–water partition coefficient (Wildman–Crippen LogP) is 4.90. The van der Waals surface area contributed by atoms with Crippen molar-refractivity contribution in [3.63, 3.8) is 0 Å². The molecule has 0 atom stereocenters. The molecule has 2 aliphatic heterocycles. The fourth-order valence-electron chi connectivity index (χ4n) is 3.70. The summed E-state index contributed by atoms with van der Waals surface area (Å²) in [5.74, 6) is 1.18. The number of ether oxygens (including phenoxy) is 2. The van der Waals surface area contributed by atoms with Crippen molar-refractivity contribution < 1.29 is 19.1 Å². The summed E-state index contributed by atoms with van der Waals surface area (Å²) >= 11 is 12.0. The highest BCUT2D eigenvalue weighted by molar-refractivity contribution is 6.35. The third kappa shape index (κ3) is 4.63. The SMILES string of the molecule is O=C(c1ccc2c(c1)OCCO2)C1CCN(C(=O)C=Cc2ccc(Cl)cc2Cl)CC1. The molecule has 0 N–H and O–H groups in total. The van der Waals surface area contributed by atoms with Gasteiger partial charge in [-0.2, -0.15) is 0 Å². The Balaban J connectivity index is 1.34. The highest BCUT2D eigenvalue weighted by atomic mass is 35.5. The summed E-state index contributed by atoms with van der Waals surface area (Å²) in [5, 5.41) is 1.04. The molecule has 1 fully saturated rings. The molecular formula is C23H21Cl2NO4. The topological polar surface area (TPSA) is 55.8 Å². The number of fused-ring (bicyclic) bond motifs is 1. The maximum absolute atomic E-state index is 12.9. The summed E-state index contributed by atoms with van der Waals surface area (Å²) < 4.78 is 11.1. The van der Waals surface area contributed by atoms with Gasteiger partial charge in [0.25, 0.3) is 0 Å². The largest absolute Gasteiger partial charge is 0.486 e. The standard InChI is InChI=1S/C23H21Cl2NO4/c24-18-4-1-15(19(25)14-18)3-6-22(27)26-9-7-16(8-10-26)23(28)17-2-5-20-21(13-17)30-12-11-29-20/h1-6,13-14,16H,7-12H2. The molecule has 0 saturated carbocycles. The van der Waals surface area contributed by atoms with Crippen molar-refractivity contribution >= 4 is 41.0 Å². The number of amides is 1. The zero-order chi connectivity index (χ0) is 21.1. The van der Waals surface area contributed by atoms with Crippen LogP contribution in [0.4, 0.5) is 0 Å². The predicted molar refractivity (Wildman–Crippen MR) is 117 cm³/mol. The molecule has 1 saturated heterocycles. The summed E-state index contributed by atoms with van der Waals surface area (Å²) in [6.45, 7) is 2.09. The molecule has 0 spiro atoms. The number of likely N-dealkylation sites (tertiary alicyclic amines) is 1. The average Bonchev–Trinajstić information content (AvgIpc) is 2.77. The molecule has 0 unspecified atom stereocenters. The van der Waals surface area contributed by atoms with Crippen molar-refractivity contribution in [2.24, 2.45) is 5.92 Å². The van der Waals surface area contributed by atoms with Crippen molar-refractivity contribution in [2.45, 2.75) is 12.8 Å². The Hall–Kier alpha value is -2.50. The van der Waals surface area contributed by atoms with Crippen LogP contribution in [0, 0.1) is 5.92 Å². The Labute approximate surface area is 185 Å². The minimum atomic E-state index is -0.105. The Morgan fingerprint density at radius 3 is 2.43 bits per heavy atom. The normalized spacial score (nSPS) is 16.7. The van der Waals surface area contributed by atoms with Gasteiger partial charge in [0.2, 0.25) is 5.91 Å². The molecule has 30 heavy (non-hydrogen) atoms. The molecule has 2 aromatic rings. The molecule has 0 radical (unpaired) electrons. The molecule has 0 aromatic heterocycles. The van der Waals surface area contributed by atoms with Gasteiger partial charge in [-0.1, -0.05) is 29.3 Å². The molecule has 7 heteroatoms. The van der Waals surface area contributed by atoms with Crippen LogP contribution in [0.15, 0.2) is 42.5 Å². The van der Waals surface area contributed by atoms with Crippen molar-refractivity contribution in [1.82, 2.24) is 4.90 Å². The van der Waals surface area contributed by atoms with E-state index >= 15 is 0 Å². The molecule has 0 aliphatic carbocycles. The third-order valence-electron chi connectivity index (χ3n) is 5.37. The summed E-state index contributed by atoms with van der Waals surface area (Å²) in [6.07, 6.45) is 4.47. The molecule has 0 bridgehead atoms. The van der Waals surface area contributed by atoms with E-state index in [4.69, 9.17) is 32.7 Å². The van der Waals surface area contributed by atoms with Gasteiger partial charge in [0.05, 0.1) is 0 Å². The van der Waals surface area contributed by atoms with Crippen LogP contribution in [0.1, 0.15) is 28.8 Å². The minimum absolute atomic E-state index is 0.0857. The number of hydrogen-bond donors (Lipinski definition) is 0. The fraction of sp³-hybridized carbons (Fsp3) is 0.304. The van der Waals surface area contributed by atoms with E-state index in [2.05, 4.69) is 0 Å². The lowest BCUT2D eigenvalue weighted by atomic mass is 9.88. The number of benzene rings is 2. The van der Waals surface area contributed by atoms with Crippen LogP contribution in [0.5, 0.6) is 11.5 Å². The zero-order valence-corrected chi connectivity index (χ0v) is 17.8. The van der Waals surface area contributed by atoms with Gasteiger partial charge in [0, 0.05) is 40.7 Å². The van der Waals surface area contributed by atoms with Crippen LogP contribution in [0.25, 0.3) is 6.08 Å². The van der Waals surface area contributed by atoms with Gasteiger partial charge in [0.1, 0.15) is 13.2 Å². The Bertz CT molecular complexity index is 997. The average molecular weight is 446 g/mol. The number of ketones is 1. The molecule has 2 heterocycles. The first-order valence-electron chi connectivity index (χ1n) is 9.87. The molecule has 2 aliphatic rings. The van der Waals surface area contributed by atoms with E-state index in [1.807, 2.05) is 0 Å². The van der Waals surface area contributed by atoms with Crippen molar-refractivity contribution in [2.75, 3.05) is 26.3 Å². The van der Waals surface area contributed by atoms with Crippen LogP contribution in [-0.2, 0) is 4.79 Å². The second kappa shape index (κ2) is 9.11. The lowest BCUT2D eigenvalue weighted by molar-refractivity contribution is -0.127. The lowest BCUT2D eigenvalue weighted by Gasteiger charge is -2.30. The Kier molecular flexibility index (Phi) is 6.30. The van der Waals surface area contributed by atoms with Crippen LogP contribution >= 0.6 is 23.2 Å². The Morgan fingerprint density at radius 2 is 1.70 bits per heavy atom. The van der Waals surface area contributed by atoms with Gasteiger partial charge >= 0.3 is 0 Å². The summed E-state index contributed by atoms with van der Waals surface area (Å²) in [6, 6.07) is 10.5. The van der Waals surface area contributed by atoms with Crippen LogP contribution in [-0.4, -0.2) is 42.9 Å². The van der Waals surface area contributed by atoms with E-state index < -0.39 is 0 Å². The minimum Gasteiger partial charge on any atom is -0.486 e. The first-order valence-corrected chi connectivity index (χ1v) is 10.6. The maximum atomic E-state index is 12.9. The molecule has 1 amide bonds. The lowest BCUT2D eigenvalue weighted by Crippen LogP contribution is -2.39. The maximum Gasteiger partial charge on any atom is 0.246 e. The van der Waals surface area contributed by atoms with Crippen LogP contribution in [0.2, 0.25) is 10.0 Å². The first kappa shape index (κ1) is 20.8. The van der Waals surface area contributed by atoms with Crippen molar-refractivity contribution in [1.29, 1.82) is 0 Å². The number of halogens is 2. The van der Waals surface area contributed by atoms with Gasteiger partial charge in [-0.3, -0.25) is 9.59 Å². The smallest absolute Gasteiger partial charge is 0.246 e. The molecule has 156 valence electrons. The van der Waals surface area contributed by atoms with E-state index in [9.17, 15) is 9.59 Å². The number of piperidine rings is 1. The van der Waals surface area contributed by atoms with E-state index in [0.29, 0.717) is 66.3 Å². The number of hydrogen-bond acceptors (Lipinski definition) is 4. The highest BCUT2D eigenvalue weighted by Gasteiger charge is 2.28. The number of carbonyl (C=O) groups excluding carboxylic acids is 2. The number of carbonyl (C=O) groups is 2. The first-order chi connectivity index (χ1) is 14.5. The van der Waals surface area contributed by atoms with Gasteiger partial charge in [-0.05, 0) is 54.8 Å². The molecule has 2 aromatic carbocycles. The molecule has 4 rings (SSSR count). The highest BCUT2D eigenvalue weighted by Crippen LogP contribution is 2.32. The van der Waals surface area contributed by atoms with Crippen LogP contribution in [0.3, 0.4) is 0 Å². The summed E-state index contributed by atoms with van der Waals surface area (Å²) in [5.41, 5.74) is 1.36. The van der Waals surface area contributed by atoms with E-state index in [1.165, 1.54) is 6.08 Å². The van der Waals surface area contributed by atoms with Gasteiger partial charge in [0.15, 0.2) is 17.3 Å². The Morgan fingerprint density at radius 1 is 0.967 bits per heavy atom. The fourth-order valence-corrected chi connectivity index (χ4v) is 4.17. The summed E-state index contributed by atoms with van der Waals surface area (Å²) in [4.78, 5) is 27.2. The third-order valence-corrected chi connectivity index (χ3v) is 5.93. The van der Waals surface area contributed by atoms with Crippen molar-refractivity contribution in [3.8, 4) is 11.5 Å². The number of nitrogens with zero attached hydrogens (tertiary/aromatic N) is 1. The second-order valence-corrected chi connectivity index (χ2v) is 8.17. The van der Waals surface area contributed by atoms with Gasteiger partial charge in [-0.15, -0.1) is 0 Å². The molecular weight excluding hydrogens is 425 g/mol. The van der Waals surface area contributed by atoms with Gasteiger partial charge < -0.3 is 14.4 Å². The zero-order valence-electron chi connectivity index (χ0n) is 16.3. The van der Waals surface area contributed by atoms with E-state index in [1.54, 1.807) is 47.4 Å². The van der Waals surface area contributed by atoms with Crippen molar-refractivity contribution in [3.05, 3.63) is 63.6 Å². The molecule has 5 nitrogen and oxygen atoms in total. The number of rotatable bonds is 4. The second-order valence-electron chi connectivity index (χ2n) is 7.32. The monoisotopic (exact) mass is 445 g/mol. The van der Waals surface area contributed by atoms with E-state index in [-0.39, 0.29) is 17.6 Å². The van der Waals surface area contributed by atoms with E-state index in [0.717, 1.165) is 5.56 Å². The van der Waals surface area contributed by atoms with Crippen LogP contribution < -0.4 is 9.47 Å².